The van der Waals surface area contributed by atoms with Gasteiger partial charge in [-0.25, -0.2) is 4.79 Å². The van der Waals surface area contributed by atoms with Crippen molar-refractivity contribution in [2.45, 2.75) is 0 Å². The molecule has 0 aliphatic rings. The Morgan fingerprint density at radius 1 is 1.64 bits per heavy atom. The molecule has 0 unspecified atom stereocenters. The van der Waals surface area contributed by atoms with Crippen LogP contribution in [-0.2, 0) is 4.79 Å². The summed E-state index contributed by atoms with van der Waals surface area (Å²) in [5.41, 5.74) is 0.566. The van der Waals surface area contributed by atoms with Crippen LogP contribution in [0.4, 0.5) is 0 Å². The molecule has 1 heterocycles. The summed E-state index contributed by atoms with van der Waals surface area (Å²) in [4.78, 5) is 13.3. The Hall–Kier alpha value is -2.28. The highest BCUT2D eigenvalue weighted by Crippen LogP contribution is 1.99. The molecule has 0 aliphatic heterocycles. The molecule has 1 rings (SSSR count). The first-order chi connectivity index (χ1) is 6.74. The van der Waals surface area contributed by atoms with Gasteiger partial charge in [-0.2, -0.15) is 5.26 Å². The van der Waals surface area contributed by atoms with Gasteiger partial charge in [-0.3, -0.25) is 0 Å². The second-order valence-electron chi connectivity index (χ2n) is 2.48. The van der Waals surface area contributed by atoms with Gasteiger partial charge in [0.15, 0.2) is 0 Å². The lowest BCUT2D eigenvalue weighted by Crippen LogP contribution is -1.96. The fourth-order valence-corrected chi connectivity index (χ4v) is 0.852. The molecule has 4 nitrogen and oxygen atoms in total. The molecule has 0 amide bonds. The van der Waals surface area contributed by atoms with Crippen LogP contribution in [0.15, 0.2) is 36.1 Å². The van der Waals surface area contributed by atoms with Gasteiger partial charge in [0.05, 0.1) is 0 Å². The van der Waals surface area contributed by atoms with Gasteiger partial charge in [0, 0.05) is 11.9 Å². The molecule has 1 aromatic heterocycles. The number of carboxylic acid groups (broad SMARTS) is 1. The number of nitrogens with one attached hydrogen (secondary N) is 1. The van der Waals surface area contributed by atoms with Crippen LogP contribution in [0.1, 0.15) is 5.69 Å². The van der Waals surface area contributed by atoms with Crippen molar-refractivity contribution in [3.05, 3.63) is 41.7 Å². The fourth-order valence-electron chi connectivity index (χ4n) is 0.852. The molecule has 14 heavy (non-hydrogen) atoms. The summed E-state index contributed by atoms with van der Waals surface area (Å²) in [6, 6.07) is 5.24. The van der Waals surface area contributed by atoms with E-state index < -0.39 is 5.97 Å². The lowest BCUT2D eigenvalue weighted by molar-refractivity contribution is -0.132. The first-order valence-electron chi connectivity index (χ1n) is 3.89. The number of aliphatic carboxylic acids is 1. The Bertz CT molecular complexity index is 408. The van der Waals surface area contributed by atoms with E-state index in [-0.39, 0.29) is 5.57 Å². The standard InChI is InChI=1S/C10H8N2O2/c11-7-8(10(13)14)3-1-4-9-5-2-6-12-9/h1-6,12H,(H,13,14). The average molecular weight is 188 g/mol. The summed E-state index contributed by atoms with van der Waals surface area (Å²) in [7, 11) is 0. The van der Waals surface area contributed by atoms with Crippen molar-refractivity contribution in [1.29, 1.82) is 5.26 Å². The maximum atomic E-state index is 10.4. The molecule has 0 aliphatic carbocycles. The van der Waals surface area contributed by atoms with E-state index >= 15 is 0 Å². The van der Waals surface area contributed by atoms with Crippen LogP contribution in [0.3, 0.4) is 0 Å². The largest absolute Gasteiger partial charge is 0.477 e. The van der Waals surface area contributed by atoms with E-state index in [0.29, 0.717) is 0 Å². The number of carbonyl (C=O) groups is 1. The Kier molecular flexibility index (Phi) is 3.27. The summed E-state index contributed by atoms with van der Waals surface area (Å²) < 4.78 is 0. The van der Waals surface area contributed by atoms with Crippen LogP contribution in [0.5, 0.6) is 0 Å². The highest BCUT2D eigenvalue weighted by Gasteiger charge is 2.02. The number of hydrogen-bond donors (Lipinski definition) is 2. The van der Waals surface area contributed by atoms with Crippen molar-refractivity contribution in [3.63, 3.8) is 0 Å². The number of allylic oxidation sites excluding steroid dienone is 2. The molecule has 0 bridgehead atoms. The van der Waals surface area contributed by atoms with E-state index in [4.69, 9.17) is 10.4 Å². The van der Waals surface area contributed by atoms with Crippen LogP contribution >= 0.6 is 0 Å². The second kappa shape index (κ2) is 4.67. The number of aromatic nitrogens is 1. The normalized spacial score (nSPS) is 11.5. The quantitative estimate of drug-likeness (QED) is 0.429. The Morgan fingerprint density at radius 3 is 2.93 bits per heavy atom. The molecule has 0 saturated carbocycles. The maximum Gasteiger partial charge on any atom is 0.346 e. The lowest BCUT2D eigenvalue weighted by Gasteiger charge is -1.85. The van der Waals surface area contributed by atoms with Crippen molar-refractivity contribution in [2.24, 2.45) is 0 Å². The molecule has 0 saturated heterocycles. The first kappa shape index (κ1) is 9.81. The van der Waals surface area contributed by atoms with E-state index in [1.807, 2.05) is 12.1 Å². The van der Waals surface area contributed by atoms with Gasteiger partial charge in [0.2, 0.25) is 0 Å². The number of H-pyrrole nitrogens is 1. The van der Waals surface area contributed by atoms with Crippen LogP contribution in [0, 0.1) is 11.3 Å². The Morgan fingerprint density at radius 2 is 2.43 bits per heavy atom. The zero-order valence-electron chi connectivity index (χ0n) is 7.27. The summed E-state index contributed by atoms with van der Waals surface area (Å²) in [5.74, 6) is -1.22. The molecule has 0 fully saturated rings. The number of aromatic amines is 1. The summed E-state index contributed by atoms with van der Waals surface area (Å²) in [5, 5.41) is 16.9. The third kappa shape index (κ3) is 2.64. The van der Waals surface area contributed by atoms with Gasteiger partial charge in [-0.15, -0.1) is 0 Å². The van der Waals surface area contributed by atoms with E-state index in [2.05, 4.69) is 4.98 Å². The number of rotatable bonds is 3. The minimum absolute atomic E-state index is 0.284. The summed E-state index contributed by atoms with van der Waals surface area (Å²) >= 11 is 0. The van der Waals surface area contributed by atoms with Crippen LogP contribution < -0.4 is 0 Å². The topological polar surface area (TPSA) is 76.9 Å². The maximum absolute atomic E-state index is 10.4. The molecule has 0 radical (unpaired) electrons. The van der Waals surface area contributed by atoms with E-state index in [1.54, 1.807) is 18.3 Å². The number of nitrogens with zero attached hydrogens (tertiary/aromatic N) is 1. The second-order valence-corrected chi connectivity index (χ2v) is 2.48. The number of carboxylic acids is 1. The van der Waals surface area contributed by atoms with Gasteiger partial charge in [0.1, 0.15) is 11.6 Å². The third-order valence-corrected chi connectivity index (χ3v) is 1.51. The SMILES string of the molecule is N#CC(=CC=Cc1ccc[nH]1)C(=O)O. The smallest absolute Gasteiger partial charge is 0.346 e. The molecule has 70 valence electrons. The lowest BCUT2D eigenvalue weighted by atomic mass is 10.2. The van der Waals surface area contributed by atoms with E-state index in [0.717, 1.165) is 5.69 Å². The van der Waals surface area contributed by atoms with Crippen molar-refractivity contribution < 1.29 is 9.90 Å². The Balaban J connectivity index is 2.71. The monoisotopic (exact) mass is 188 g/mol. The molecule has 2 N–H and O–H groups in total. The zero-order valence-corrected chi connectivity index (χ0v) is 7.27. The molecular weight excluding hydrogens is 180 g/mol. The predicted octanol–water partition coefficient (Wildman–Crippen LogP) is 1.56. The number of hydrogen-bond acceptors (Lipinski definition) is 2. The van der Waals surface area contributed by atoms with Gasteiger partial charge in [0.25, 0.3) is 0 Å². The molecule has 0 spiro atoms. The minimum atomic E-state index is -1.22. The van der Waals surface area contributed by atoms with Crippen molar-refractivity contribution in [3.8, 4) is 6.07 Å². The highest BCUT2D eigenvalue weighted by molar-refractivity contribution is 5.91. The minimum Gasteiger partial charge on any atom is -0.477 e. The highest BCUT2D eigenvalue weighted by atomic mass is 16.4. The van der Waals surface area contributed by atoms with Gasteiger partial charge < -0.3 is 10.1 Å². The van der Waals surface area contributed by atoms with Crippen molar-refractivity contribution >= 4 is 12.0 Å². The average Bonchev–Trinajstić information content (AvgIpc) is 2.64. The third-order valence-electron chi connectivity index (χ3n) is 1.51. The Labute approximate surface area is 80.8 Å². The van der Waals surface area contributed by atoms with Crippen molar-refractivity contribution in [1.82, 2.24) is 4.98 Å². The summed E-state index contributed by atoms with van der Waals surface area (Å²) in [6.45, 7) is 0. The van der Waals surface area contributed by atoms with E-state index in [9.17, 15) is 4.79 Å². The number of nitriles is 1. The van der Waals surface area contributed by atoms with Gasteiger partial charge in [-0.1, -0.05) is 6.08 Å². The molecule has 0 atom stereocenters. The van der Waals surface area contributed by atoms with Gasteiger partial charge >= 0.3 is 5.97 Å². The van der Waals surface area contributed by atoms with Crippen molar-refractivity contribution in [2.75, 3.05) is 0 Å². The first-order valence-corrected chi connectivity index (χ1v) is 3.89. The van der Waals surface area contributed by atoms with Gasteiger partial charge in [-0.05, 0) is 24.3 Å². The van der Waals surface area contributed by atoms with Crippen LogP contribution in [0.25, 0.3) is 6.08 Å². The predicted molar refractivity (Wildman–Crippen MR) is 51.2 cm³/mol. The van der Waals surface area contributed by atoms with Crippen LogP contribution in [0.2, 0.25) is 0 Å². The zero-order chi connectivity index (χ0) is 10.4. The molecule has 0 aromatic carbocycles. The molecule has 1 aromatic rings. The fraction of sp³-hybridized carbons (Fsp3) is 0. The van der Waals surface area contributed by atoms with Crippen LogP contribution in [-0.4, -0.2) is 16.1 Å². The van der Waals surface area contributed by atoms with E-state index in [1.165, 1.54) is 12.2 Å². The summed E-state index contributed by atoms with van der Waals surface area (Å²) in [6.07, 6.45) is 6.20. The molecule has 4 heteroatoms. The molecular formula is C10H8N2O2.